The minimum Gasteiger partial charge on any atom is -0.497 e. The molecule has 0 amide bonds. The molecule has 0 radical (unpaired) electrons. The lowest BCUT2D eigenvalue weighted by atomic mass is 10.1. The number of carbonyl (C=O) groups is 1. The van der Waals surface area contributed by atoms with E-state index in [1.54, 1.807) is 21.3 Å². The molecule has 0 N–H and O–H groups in total. The Morgan fingerprint density at radius 1 is 1.00 bits per heavy atom. The number of thioether (sulfide) groups is 1. The molecular weight excluding hydrogens is 378 g/mol. The van der Waals surface area contributed by atoms with Crippen molar-refractivity contribution < 1.29 is 19.0 Å². The molecule has 0 saturated carbocycles. The van der Waals surface area contributed by atoms with Crippen LogP contribution in [0.3, 0.4) is 0 Å². The van der Waals surface area contributed by atoms with E-state index in [1.807, 2.05) is 42.5 Å². The molecule has 28 heavy (non-hydrogen) atoms. The highest BCUT2D eigenvalue weighted by atomic mass is 32.2. The van der Waals surface area contributed by atoms with E-state index < -0.39 is 0 Å². The van der Waals surface area contributed by atoms with Gasteiger partial charge in [-0.3, -0.25) is 4.79 Å². The molecular formula is C20H19N3O4S. The van der Waals surface area contributed by atoms with Gasteiger partial charge in [-0.15, -0.1) is 5.10 Å². The topological polar surface area (TPSA) is 75.5 Å². The average Bonchev–Trinajstić information content (AvgIpc) is 3.18. The second kappa shape index (κ2) is 7.55. The van der Waals surface area contributed by atoms with Gasteiger partial charge >= 0.3 is 0 Å². The number of carbonyl (C=O) groups excluding carboxylic acids is 1. The molecule has 2 aromatic carbocycles. The molecule has 7 nitrogen and oxygen atoms in total. The van der Waals surface area contributed by atoms with Crippen LogP contribution in [0.4, 0.5) is 0 Å². The van der Waals surface area contributed by atoms with Crippen LogP contribution in [0.2, 0.25) is 0 Å². The first-order valence-corrected chi connectivity index (χ1v) is 9.54. The SMILES string of the molecule is COc1ccc(-c2nc3n(n2)C(=O)C[C@H](c2ccc(OC)c(OC)c2)S3)cc1. The summed E-state index contributed by atoms with van der Waals surface area (Å²) in [6.45, 7) is 0. The molecule has 0 aliphatic carbocycles. The van der Waals surface area contributed by atoms with E-state index in [0.717, 1.165) is 16.9 Å². The molecule has 1 aliphatic rings. The molecule has 1 aliphatic heterocycles. The van der Waals surface area contributed by atoms with Gasteiger partial charge in [-0.2, -0.15) is 4.68 Å². The van der Waals surface area contributed by atoms with E-state index in [9.17, 15) is 4.79 Å². The summed E-state index contributed by atoms with van der Waals surface area (Å²) in [4.78, 5) is 17.2. The smallest absolute Gasteiger partial charge is 0.250 e. The van der Waals surface area contributed by atoms with E-state index >= 15 is 0 Å². The fourth-order valence-electron chi connectivity index (χ4n) is 3.05. The van der Waals surface area contributed by atoms with Gasteiger partial charge in [0, 0.05) is 17.2 Å². The maximum atomic E-state index is 12.7. The van der Waals surface area contributed by atoms with Gasteiger partial charge in [0.05, 0.1) is 21.3 Å². The first-order valence-electron chi connectivity index (χ1n) is 8.66. The molecule has 2 heterocycles. The fourth-order valence-corrected chi connectivity index (χ4v) is 4.20. The van der Waals surface area contributed by atoms with E-state index in [4.69, 9.17) is 14.2 Å². The zero-order valence-corrected chi connectivity index (χ0v) is 16.5. The summed E-state index contributed by atoms with van der Waals surface area (Å²) < 4.78 is 17.2. The molecule has 0 spiro atoms. The zero-order chi connectivity index (χ0) is 19.7. The molecule has 3 aromatic rings. The van der Waals surface area contributed by atoms with Crippen molar-refractivity contribution in [2.75, 3.05) is 21.3 Å². The summed E-state index contributed by atoms with van der Waals surface area (Å²) in [6, 6.07) is 13.1. The number of aromatic nitrogens is 3. The van der Waals surface area contributed by atoms with Crippen LogP contribution in [-0.4, -0.2) is 42.0 Å². The van der Waals surface area contributed by atoms with Gasteiger partial charge in [-0.05, 0) is 42.0 Å². The first-order chi connectivity index (χ1) is 13.6. The highest BCUT2D eigenvalue weighted by Crippen LogP contribution is 2.43. The lowest BCUT2D eigenvalue weighted by Gasteiger charge is -2.21. The highest BCUT2D eigenvalue weighted by Gasteiger charge is 2.30. The Morgan fingerprint density at radius 3 is 2.43 bits per heavy atom. The van der Waals surface area contributed by atoms with Gasteiger partial charge in [-0.1, -0.05) is 17.8 Å². The predicted molar refractivity (Wildman–Crippen MR) is 105 cm³/mol. The molecule has 0 saturated heterocycles. The molecule has 0 bridgehead atoms. The van der Waals surface area contributed by atoms with Crippen LogP contribution in [-0.2, 0) is 0 Å². The number of benzene rings is 2. The van der Waals surface area contributed by atoms with Gasteiger partial charge in [0.2, 0.25) is 0 Å². The van der Waals surface area contributed by atoms with Gasteiger partial charge in [0.1, 0.15) is 5.75 Å². The Morgan fingerprint density at radius 2 is 1.75 bits per heavy atom. The van der Waals surface area contributed by atoms with Crippen molar-refractivity contribution in [1.82, 2.24) is 14.8 Å². The van der Waals surface area contributed by atoms with Crippen molar-refractivity contribution in [2.45, 2.75) is 16.8 Å². The van der Waals surface area contributed by atoms with Gasteiger partial charge in [-0.25, -0.2) is 4.98 Å². The highest BCUT2D eigenvalue weighted by molar-refractivity contribution is 7.99. The van der Waals surface area contributed by atoms with Crippen LogP contribution >= 0.6 is 11.8 Å². The van der Waals surface area contributed by atoms with Crippen molar-refractivity contribution in [3.8, 4) is 28.6 Å². The molecule has 1 aromatic heterocycles. The van der Waals surface area contributed by atoms with Crippen LogP contribution in [0.15, 0.2) is 47.6 Å². The van der Waals surface area contributed by atoms with Crippen LogP contribution < -0.4 is 14.2 Å². The molecule has 1 atom stereocenters. The first kappa shape index (κ1) is 18.4. The molecule has 8 heteroatoms. The lowest BCUT2D eigenvalue weighted by molar-refractivity contribution is 0.0868. The van der Waals surface area contributed by atoms with E-state index in [0.29, 0.717) is 28.9 Å². The van der Waals surface area contributed by atoms with E-state index in [1.165, 1.54) is 16.4 Å². The summed E-state index contributed by atoms with van der Waals surface area (Å²) in [5.41, 5.74) is 1.81. The van der Waals surface area contributed by atoms with Crippen molar-refractivity contribution in [2.24, 2.45) is 0 Å². The maximum Gasteiger partial charge on any atom is 0.250 e. The number of methoxy groups -OCH3 is 3. The minimum atomic E-state index is -0.0826. The number of nitrogens with zero attached hydrogens (tertiary/aromatic N) is 3. The normalized spacial score (nSPS) is 15.8. The monoisotopic (exact) mass is 397 g/mol. The summed E-state index contributed by atoms with van der Waals surface area (Å²) in [7, 11) is 4.81. The second-order valence-electron chi connectivity index (χ2n) is 6.18. The van der Waals surface area contributed by atoms with Crippen LogP contribution in [0.5, 0.6) is 17.2 Å². The Kier molecular flexibility index (Phi) is 4.95. The third-order valence-electron chi connectivity index (χ3n) is 4.55. The van der Waals surface area contributed by atoms with E-state index in [2.05, 4.69) is 10.1 Å². The van der Waals surface area contributed by atoms with Crippen molar-refractivity contribution in [1.29, 1.82) is 0 Å². The van der Waals surface area contributed by atoms with E-state index in [-0.39, 0.29) is 11.2 Å². The minimum absolute atomic E-state index is 0.0623. The summed E-state index contributed by atoms with van der Waals surface area (Å²) in [5, 5.41) is 4.92. The number of hydrogen-bond donors (Lipinski definition) is 0. The van der Waals surface area contributed by atoms with Gasteiger partial charge in [0.15, 0.2) is 22.5 Å². The largest absolute Gasteiger partial charge is 0.497 e. The van der Waals surface area contributed by atoms with Gasteiger partial charge in [0.25, 0.3) is 5.91 Å². The fraction of sp³-hybridized carbons (Fsp3) is 0.250. The molecule has 4 rings (SSSR count). The quantitative estimate of drug-likeness (QED) is 0.647. The van der Waals surface area contributed by atoms with Crippen molar-refractivity contribution >= 4 is 17.7 Å². The Bertz CT molecular complexity index is 1020. The molecule has 0 unspecified atom stereocenters. The van der Waals surface area contributed by atoms with Crippen LogP contribution in [0.1, 0.15) is 22.0 Å². The van der Waals surface area contributed by atoms with Gasteiger partial charge < -0.3 is 14.2 Å². The lowest BCUT2D eigenvalue weighted by Crippen LogP contribution is -2.21. The summed E-state index contributed by atoms with van der Waals surface area (Å²) >= 11 is 1.52. The maximum absolute atomic E-state index is 12.7. The molecule has 144 valence electrons. The molecule has 0 fully saturated rings. The standard InChI is InChI=1S/C20H19N3O4S/c1-25-14-7-4-12(5-8-14)19-21-20-23(22-19)18(24)11-17(28-20)13-6-9-15(26-2)16(10-13)27-3/h4-10,17H,11H2,1-3H3/t17-/m1/s1. The summed E-state index contributed by atoms with van der Waals surface area (Å²) in [6.07, 6.45) is 0.332. The number of fused-ring (bicyclic) bond motifs is 1. The Balaban J connectivity index is 1.63. The third kappa shape index (κ3) is 3.31. The van der Waals surface area contributed by atoms with Crippen molar-refractivity contribution in [3.05, 3.63) is 48.0 Å². The zero-order valence-electron chi connectivity index (χ0n) is 15.7. The Labute approximate surface area is 166 Å². The number of rotatable bonds is 5. The van der Waals surface area contributed by atoms with Crippen LogP contribution in [0, 0.1) is 0 Å². The van der Waals surface area contributed by atoms with Crippen molar-refractivity contribution in [3.63, 3.8) is 0 Å². The van der Waals surface area contributed by atoms with Crippen LogP contribution in [0.25, 0.3) is 11.4 Å². The number of ether oxygens (including phenoxy) is 3. The average molecular weight is 397 g/mol. The third-order valence-corrected chi connectivity index (χ3v) is 5.75. The summed E-state index contributed by atoms with van der Waals surface area (Å²) in [5.74, 6) is 2.49. The Hall–Kier alpha value is -3.00. The predicted octanol–water partition coefficient (Wildman–Crippen LogP) is 3.85. The second-order valence-corrected chi connectivity index (χ2v) is 7.35. The number of hydrogen-bond acceptors (Lipinski definition) is 7.